The first-order valence-corrected chi connectivity index (χ1v) is 7.11. The largest absolute Gasteiger partial charge is 0.384 e. The van der Waals surface area contributed by atoms with Crippen LogP contribution in [0.5, 0.6) is 0 Å². The van der Waals surface area contributed by atoms with Gasteiger partial charge in [-0.1, -0.05) is 30.3 Å². The van der Waals surface area contributed by atoms with Crippen molar-refractivity contribution >= 4 is 28.2 Å². The average Bonchev–Trinajstić information content (AvgIpc) is 2.36. The Balaban J connectivity index is 2.14. The lowest BCUT2D eigenvalue weighted by atomic mass is 10.1. The molecule has 0 unspecified atom stereocenters. The van der Waals surface area contributed by atoms with Gasteiger partial charge >= 0.3 is 0 Å². The number of anilines is 1. The summed E-state index contributed by atoms with van der Waals surface area (Å²) >= 11 is 1.89. The van der Waals surface area contributed by atoms with Crippen LogP contribution in [0.1, 0.15) is 13.8 Å². The summed E-state index contributed by atoms with van der Waals surface area (Å²) in [5, 5.41) is 6.09. The molecule has 0 aliphatic carbocycles. The molecule has 0 spiro atoms. The first-order valence-electron chi connectivity index (χ1n) is 5.88. The van der Waals surface area contributed by atoms with Gasteiger partial charge in [-0.15, -0.1) is 0 Å². The SMILES string of the molecule is CSC(C)(C)CNc1ccc2ccccc2c1. The molecule has 2 heteroatoms. The van der Waals surface area contributed by atoms with E-state index in [4.69, 9.17) is 0 Å². The van der Waals surface area contributed by atoms with Crippen LogP contribution in [0.3, 0.4) is 0 Å². The van der Waals surface area contributed by atoms with Gasteiger partial charge in [0.05, 0.1) is 0 Å². The van der Waals surface area contributed by atoms with Crippen LogP contribution in [0.2, 0.25) is 0 Å². The molecule has 0 saturated carbocycles. The van der Waals surface area contributed by atoms with Gasteiger partial charge in [-0.05, 0) is 43.0 Å². The highest BCUT2D eigenvalue weighted by Crippen LogP contribution is 2.23. The fraction of sp³-hybridized carbons (Fsp3) is 0.333. The first kappa shape index (κ1) is 12.3. The Hall–Kier alpha value is -1.15. The predicted octanol–water partition coefficient (Wildman–Crippen LogP) is 4.39. The Morgan fingerprint density at radius 2 is 1.76 bits per heavy atom. The molecule has 2 aromatic rings. The van der Waals surface area contributed by atoms with Gasteiger partial charge in [-0.25, -0.2) is 0 Å². The zero-order valence-electron chi connectivity index (χ0n) is 10.7. The second kappa shape index (κ2) is 5.01. The number of benzene rings is 2. The highest BCUT2D eigenvalue weighted by molar-refractivity contribution is 7.99. The van der Waals surface area contributed by atoms with Gasteiger partial charge in [0.1, 0.15) is 0 Å². The number of hydrogen-bond donors (Lipinski definition) is 1. The number of thioether (sulfide) groups is 1. The second-order valence-electron chi connectivity index (χ2n) is 4.88. The van der Waals surface area contributed by atoms with E-state index in [2.05, 4.69) is 67.9 Å². The Labute approximate surface area is 108 Å². The minimum Gasteiger partial charge on any atom is -0.384 e. The summed E-state index contributed by atoms with van der Waals surface area (Å²) in [5.74, 6) is 0. The quantitative estimate of drug-likeness (QED) is 0.857. The summed E-state index contributed by atoms with van der Waals surface area (Å²) in [4.78, 5) is 0. The predicted molar refractivity (Wildman–Crippen MR) is 80.0 cm³/mol. The number of nitrogens with one attached hydrogen (secondary N) is 1. The molecule has 0 heterocycles. The number of fused-ring (bicyclic) bond motifs is 1. The summed E-state index contributed by atoms with van der Waals surface area (Å²) in [5.41, 5.74) is 1.20. The summed E-state index contributed by atoms with van der Waals surface area (Å²) in [6, 6.07) is 15.0. The fourth-order valence-corrected chi connectivity index (χ4v) is 1.90. The maximum absolute atomic E-state index is 3.51. The molecule has 0 aliphatic rings. The molecule has 17 heavy (non-hydrogen) atoms. The normalized spacial score (nSPS) is 11.7. The Kier molecular flexibility index (Phi) is 3.63. The molecular formula is C15H19NS. The van der Waals surface area contributed by atoms with Crippen molar-refractivity contribution in [1.29, 1.82) is 0 Å². The third kappa shape index (κ3) is 3.16. The van der Waals surface area contributed by atoms with E-state index >= 15 is 0 Å². The van der Waals surface area contributed by atoms with Crippen LogP contribution in [0.25, 0.3) is 10.8 Å². The molecule has 0 bridgehead atoms. The molecule has 0 atom stereocenters. The van der Waals surface area contributed by atoms with Gasteiger partial charge in [0.25, 0.3) is 0 Å². The third-order valence-corrected chi connectivity index (χ3v) is 4.27. The minimum absolute atomic E-state index is 0.269. The topological polar surface area (TPSA) is 12.0 Å². The van der Waals surface area contributed by atoms with Crippen LogP contribution in [0.4, 0.5) is 5.69 Å². The van der Waals surface area contributed by atoms with Crippen LogP contribution in [-0.4, -0.2) is 17.5 Å². The molecule has 2 rings (SSSR count). The standard InChI is InChI=1S/C15H19NS/c1-15(2,17-3)11-16-14-9-8-12-6-4-5-7-13(12)10-14/h4-10,16H,11H2,1-3H3. The smallest absolute Gasteiger partial charge is 0.0347 e. The van der Waals surface area contributed by atoms with Crippen molar-refractivity contribution in [3.05, 3.63) is 42.5 Å². The molecule has 90 valence electrons. The van der Waals surface area contributed by atoms with E-state index in [-0.39, 0.29) is 4.75 Å². The molecule has 0 aromatic heterocycles. The van der Waals surface area contributed by atoms with Crippen molar-refractivity contribution in [3.8, 4) is 0 Å². The van der Waals surface area contributed by atoms with Crippen molar-refractivity contribution in [1.82, 2.24) is 0 Å². The maximum Gasteiger partial charge on any atom is 0.0347 e. The monoisotopic (exact) mass is 245 g/mol. The molecule has 0 aliphatic heterocycles. The lowest BCUT2D eigenvalue weighted by Gasteiger charge is -2.23. The lowest BCUT2D eigenvalue weighted by Crippen LogP contribution is -2.25. The molecule has 2 aromatic carbocycles. The first-order chi connectivity index (χ1) is 8.11. The van der Waals surface area contributed by atoms with Crippen molar-refractivity contribution < 1.29 is 0 Å². The van der Waals surface area contributed by atoms with E-state index in [1.54, 1.807) is 0 Å². The number of rotatable bonds is 4. The van der Waals surface area contributed by atoms with Crippen LogP contribution in [0, 0.1) is 0 Å². The highest BCUT2D eigenvalue weighted by Gasteiger charge is 2.14. The van der Waals surface area contributed by atoms with Gasteiger partial charge in [-0.3, -0.25) is 0 Å². The molecular weight excluding hydrogens is 226 g/mol. The van der Waals surface area contributed by atoms with E-state index < -0.39 is 0 Å². The summed E-state index contributed by atoms with van der Waals surface area (Å²) in [6.45, 7) is 5.49. The van der Waals surface area contributed by atoms with Gasteiger partial charge in [-0.2, -0.15) is 11.8 Å². The second-order valence-corrected chi connectivity index (χ2v) is 6.39. The van der Waals surface area contributed by atoms with E-state index in [1.807, 2.05) is 11.8 Å². The van der Waals surface area contributed by atoms with E-state index in [0.717, 1.165) is 6.54 Å². The zero-order valence-corrected chi connectivity index (χ0v) is 11.5. The Bertz CT molecular complexity index is 505. The van der Waals surface area contributed by atoms with Gasteiger partial charge < -0.3 is 5.32 Å². The maximum atomic E-state index is 3.51. The molecule has 1 nitrogen and oxygen atoms in total. The molecule has 0 fully saturated rings. The van der Waals surface area contributed by atoms with E-state index in [0.29, 0.717) is 0 Å². The van der Waals surface area contributed by atoms with Gasteiger partial charge in [0, 0.05) is 17.0 Å². The number of hydrogen-bond acceptors (Lipinski definition) is 2. The van der Waals surface area contributed by atoms with Crippen LogP contribution in [-0.2, 0) is 0 Å². The van der Waals surface area contributed by atoms with E-state index in [9.17, 15) is 0 Å². The third-order valence-electron chi connectivity index (χ3n) is 3.02. The van der Waals surface area contributed by atoms with Gasteiger partial charge in [0.15, 0.2) is 0 Å². The van der Waals surface area contributed by atoms with Crippen LogP contribution in [0.15, 0.2) is 42.5 Å². The average molecular weight is 245 g/mol. The van der Waals surface area contributed by atoms with Crippen molar-refractivity contribution in [2.24, 2.45) is 0 Å². The van der Waals surface area contributed by atoms with Crippen LogP contribution < -0.4 is 5.32 Å². The molecule has 0 amide bonds. The minimum atomic E-state index is 0.269. The van der Waals surface area contributed by atoms with Crippen molar-refractivity contribution in [2.45, 2.75) is 18.6 Å². The van der Waals surface area contributed by atoms with E-state index in [1.165, 1.54) is 16.5 Å². The van der Waals surface area contributed by atoms with Gasteiger partial charge in [0.2, 0.25) is 0 Å². The fourth-order valence-electron chi connectivity index (χ4n) is 1.69. The summed E-state index contributed by atoms with van der Waals surface area (Å²) in [7, 11) is 0. The summed E-state index contributed by atoms with van der Waals surface area (Å²) < 4.78 is 0.269. The molecule has 0 radical (unpaired) electrons. The van der Waals surface area contributed by atoms with Crippen molar-refractivity contribution in [2.75, 3.05) is 18.1 Å². The highest BCUT2D eigenvalue weighted by atomic mass is 32.2. The summed E-state index contributed by atoms with van der Waals surface area (Å²) in [6.07, 6.45) is 2.15. The Morgan fingerprint density at radius 3 is 2.47 bits per heavy atom. The zero-order chi connectivity index (χ0) is 12.3. The van der Waals surface area contributed by atoms with Crippen molar-refractivity contribution in [3.63, 3.8) is 0 Å². The Morgan fingerprint density at radius 1 is 1.06 bits per heavy atom. The molecule has 1 N–H and O–H groups in total. The molecule has 0 saturated heterocycles. The lowest BCUT2D eigenvalue weighted by molar-refractivity contribution is 0.753. The van der Waals surface area contributed by atoms with Crippen LogP contribution >= 0.6 is 11.8 Å².